The molecule has 3 rings (SSSR count). The third kappa shape index (κ3) is 6.57. The van der Waals surface area contributed by atoms with Crippen molar-refractivity contribution in [3.05, 3.63) is 107 Å². The average molecular weight is 415 g/mol. The van der Waals surface area contributed by atoms with Crippen LogP contribution < -0.4 is 10.1 Å². The Kier molecular flexibility index (Phi) is 7.60. The minimum absolute atomic E-state index is 0.365. The van der Waals surface area contributed by atoms with Crippen molar-refractivity contribution in [1.82, 2.24) is 5.32 Å². The van der Waals surface area contributed by atoms with E-state index in [4.69, 9.17) is 9.47 Å². The van der Waals surface area contributed by atoms with Crippen molar-refractivity contribution in [1.29, 1.82) is 0 Å². The molecule has 0 heterocycles. The van der Waals surface area contributed by atoms with Gasteiger partial charge in [0.05, 0.1) is 13.2 Å². The average Bonchev–Trinajstić information content (AvgIpc) is 2.81. The molecule has 5 nitrogen and oxygen atoms in total. The van der Waals surface area contributed by atoms with E-state index in [-0.39, 0.29) is 18.6 Å². The van der Waals surface area contributed by atoms with Crippen LogP contribution in [0.15, 0.2) is 84.9 Å². The van der Waals surface area contributed by atoms with Crippen LogP contribution in [0.5, 0.6) is 5.75 Å². The lowest BCUT2D eigenvalue weighted by Crippen LogP contribution is -2.32. The van der Waals surface area contributed by atoms with Gasteiger partial charge in [0.1, 0.15) is 5.75 Å². The zero-order valence-electron chi connectivity index (χ0n) is 17.6. The van der Waals surface area contributed by atoms with Gasteiger partial charge in [0, 0.05) is 6.08 Å². The van der Waals surface area contributed by atoms with Crippen molar-refractivity contribution in [2.75, 3.05) is 13.7 Å². The Morgan fingerprint density at radius 1 is 0.903 bits per heavy atom. The standard InChI is InChI=1S/C26H25NO4/c1-19-8-10-20(11-9-19)12-17-25(29)31-18-24(28)27-26(21-6-4-3-5-7-21)22-13-15-23(30-2)16-14-22/h3-17,26H,18H2,1-2H3,(H,27,28)/b17-12+/t26-/m1/s1. The Balaban J connectivity index is 1.62. The van der Waals surface area contributed by atoms with Gasteiger partial charge in [-0.25, -0.2) is 4.79 Å². The summed E-state index contributed by atoms with van der Waals surface area (Å²) in [5.74, 6) is -0.227. The fraction of sp³-hybridized carbons (Fsp3) is 0.154. The zero-order chi connectivity index (χ0) is 22.1. The molecule has 1 amide bonds. The summed E-state index contributed by atoms with van der Waals surface area (Å²) in [5.41, 5.74) is 3.84. The van der Waals surface area contributed by atoms with Gasteiger partial charge in [-0.1, -0.05) is 72.3 Å². The van der Waals surface area contributed by atoms with Crippen LogP contribution in [0.25, 0.3) is 6.08 Å². The minimum atomic E-state index is -0.573. The van der Waals surface area contributed by atoms with Crippen molar-refractivity contribution in [3.63, 3.8) is 0 Å². The summed E-state index contributed by atoms with van der Waals surface area (Å²) >= 11 is 0. The Bertz CT molecular complexity index is 1030. The first-order chi connectivity index (χ1) is 15.0. The largest absolute Gasteiger partial charge is 0.497 e. The molecule has 0 bridgehead atoms. The summed E-state index contributed by atoms with van der Waals surface area (Å²) < 4.78 is 10.3. The number of aryl methyl sites for hydroxylation is 1. The van der Waals surface area contributed by atoms with E-state index < -0.39 is 5.97 Å². The van der Waals surface area contributed by atoms with Gasteiger partial charge in [-0.05, 0) is 41.8 Å². The molecule has 5 heteroatoms. The van der Waals surface area contributed by atoms with Gasteiger partial charge >= 0.3 is 5.97 Å². The van der Waals surface area contributed by atoms with Crippen LogP contribution in [0.1, 0.15) is 28.3 Å². The van der Waals surface area contributed by atoms with E-state index in [1.54, 1.807) is 13.2 Å². The van der Waals surface area contributed by atoms with Crippen molar-refractivity contribution >= 4 is 18.0 Å². The Morgan fingerprint density at radius 2 is 1.55 bits per heavy atom. The van der Waals surface area contributed by atoms with Gasteiger partial charge in [0.15, 0.2) is 6.61 Å². The van der Waals surface area contributed by atoms with Crippen LogP contribution >= 0.6 is 0 Å². The zero-order valence-corrected chi connectivity index (χ0v) is 17.6. The number of esters is 1. The molecule has 0 aliphatic carbocycles. The van der Waals surface area contributed by atoms with E-state index in [1.165, 1.54) is 6.08 Å². The molecule has 0 saturated heterocycles. The quantitative estimate of drug-likeness (QED) is 0.436. The monoisotopic (exact) mass is 415 g/mol. The van der Waals surface area contributed by atoms with Gasteiger partial charge in [-0.3, -0.25) is 4.79 Å². The molecule has 0 aromatic heterocycles. The Labute approximate surface area is 182 Å². The molecule has 158 valence electrons. The van der Waals surface area contributed by atoms with E-state index in [9.17, 15) is 9.59 Å². The first-order valence-corrected chi connectivity index (χ1v) is 9.95. The SMILES string of the molecule is COc1ccc([C@H](NC(=O)COC(=O)/C=C/c2ccc(C)cc2)c2ccccc2)cc1. The van der Waals surface area contributed by atoms with Crippen LogP contribution in [0.4, 0.5) is 0 Å². The smallest absolute Gasteiger partial charge is 0.331 e. The first-order valence-electron chi connectivity index (χ1n) is 9.95. The number of amides is 1. The topological polar surface area (TPSA) is 64.6 Å². The van der Waals surface area contributed by atoms with Gasteiger partial charge in [-0.2, -0.15) is 0 Å². The molecule has 31 heavy (non-hydrogen) atoms. The summed E-state index contributed by atoms with van der Waals surface area (Å²) in [6.45, 7) is 1.63. The number of benzene rings is 3. The highest BCUT2D eigenvalue weighted by atomic mass is 16.5. The Morgan fingerprint density at radius 3 is 2.19 bits per heavy atom. The highest BCUT2D eigenvalue weighted by molar-refractivity contribution is 5.89. The van der Waals surface area contributed by atoms with E-state index in [0.717, 1.165) is 28.0 Å². The van der Waals surface area contributed by atoms with Crippen LogP contribution in [0.3, 0.4) is 0 Å². The third-order valence-electron chi connectivity index (χ3n) is 4.72. The van der Waals surface area contributed by atoms with E-state index in [0.29, 0.717) is 0 Å². The highest BCUT2D eigenvalue weighted by Gasteiger charge is 2.17. The number of ether oxygens (including phenoxy) is 2. The van der Waals surface area contributed by atoms with Crippen molar-refractivity contribution in [2.24, 2.45) is 0 Å². The molecular weight excluding hydrogens is 390 g/mol. The lowest BCUT2D eigenvalue weighted by atomic mass is 9.98. The second kappa shape index (κ2) is 10.8. The molecule has 0 unspecified atom stereocenters. The number of carbonyl (C=O) groups excluding carboxylic acids is 2. The van der Waals surface area contributed by atoms with Crippen molar-refractivity contribution < 1.29 is 19.1 Å². The Hall–Kier alpha value is -3.86. The molecule has 0 saturated carbocycles. The maximum absolute atomic E-state index is 12.5. The number of hydrogen-bond donors (Lipinski definition) is 1. The maximum Gasteiger partial charge on any atom is 0.331 e. The predicted octanol–water partition coefficient (Wildman–Crippen LogP) is 4.47. The molecule has 3 aromatic carbocycles. The van der Waals surface area contributed by atoms with Crippen LogP contribution in [0.2, 0.25) is 0 Å². The van der Waals surface area contributed by atoms with E-state index >= 15 is 0 Å². The molecule has 1 N–H and O–H groups in total. The molecule has 0 fully saturated rings. The molecule has 0 aliphatic rings. The number of nitrogens with one attached hydrogen (secondary N) is 1. The number of methoxy groups -OCH3 is 1. The molecule has 0 aliphatic heterocycles. The van der Waals surface area contributed by atoms with Gasteiger partial charge < -0.3 is 14.8 Å². The number of rotatable bonds is 8. The molecular formula is C26H25NO4. The first kappa shape index (κ1) is 21.8. The highest BCUT2D eigenvalue weighted by Crippen LogP contribution is 2.24. The fourth-order valence-electron chi connectivity index (χ4n) is 3.03. The van der Waals surface area contributed by atoms with Gasteiger partial charge in [0.25, 0.3) is 5.91 Å². The minimum Gasteiger partial charge on any atom is -0.497 e. The summed E-state index contributed by atoms with van der Waals surface area (Å²) in [4.78, 5) is 24.5. The lowest BCUT2D eigenvalue weighted by Gasteiger charge is -2.20. The van der Waals surface area contributed by atoms with Crippen LogP contribution in [-0.2, 0) is 14.3 Å². The number of hydrogen-bond acceptors (Lipinski definition) is 4. The van der Waals surface area contributed by atoms with Gasteiger partial charge in [0.2, 0.25) is 0 Å². The molecule has 1 atom stereocenters. The summed E-state index contributed by atoms with van der Waals surface area (Å²) in [5, 5.41) is 2.94. The summed E-state index contributed by atoms with van der Waals surface area (Å²) in [6.07, 6.45) is 2.97. The van der Waals surface area contributed by atoms with Crippen LogP contribution in [-0.4, -0.2) is 25.6 Å². The second-order valence-electron chi connectivity index (χ2n) is 7.04. The molecule has 0 radical (unpaired) electrons. The number of carbonyl (C=O) groups is 2. The summed E-state index contributed by atoms with van der Waals surface area (Å²) in [7, 11) is 1.60. The fourth-order valence-corrected chi connectivity index (χ4v) is 3.03. The van der Waals surface area contributed by atoms with Crippen LogP contribution in [0, 0.1) is 6.92 Å². The predicted molar refractivity (Wildman–Crippen MR) is 121 cm³/mol. The summed E-state index contributed by atoms with van der Waals surface area (Å²) in [6, 6.07) is 24.4. The lowest BCUT2D eigenvalue weighted by molar-refractivity contribution is -0.143. The molecule has 0 spiro atoms. The van der Waals surface area contributed by atoms with E-state index in [1.807, 2.05) is 85.8 Å². The maximum atomic E-state index is 12.5. The van der Waals surface area contributed by atoms with Crippen molar-refractivity contribution in [2.45, 2.75) is 13.0 Å². The van der Waals surface area contributed by atoms with Gasteiger partial charge in [-0.15, -0.1) is 0 Å². The molecule has 3 aromatic rings. The normalized spacial score (nSPS) is 11.7. The van der Waals surface area contributed by atoms with Crippen molar-refractivity contribution in [3.8, 4) is 5.75 Å². The van der Waals surface area contributed by atoms with E-state index in [2.05, 4.69) is 5.32 Å². The third-order valence-corrected chi connectivity index (χ3v) is 4.72. The second-order valence-corrected chi connectivity index (χ2v) is 7.04.